The van der Waals surface area contributed by atoms with E-state index in [1.165, 1.54) is 0 Å². The zero-order valence-electron chi connectivity index (χ0n) is 13.0. The van der Waals surface area contributed by atoms with Gasteiger partial charge >= 0.3 is 0 Å². The summed E-state index contributed by atoms with van der Waals surface area (Å²) in [7, 11) is 0. The fraction of sp³-hybridized carbons (Fsp3) is 0.412. The molecule has 3 rings (SSSR count). The van der Waals surface area contributed by atoms with Gasteiger partial charge in [-0.15, -0.1) is 0 Å². The summed E-state index contributed by atoms with van der Waals surface area (Å²) in [5, 5.41) is 3.14. The van der Waals surface area contributed by atoms with Crippen molar-refractivity contribution >= 4 is 11.6 Å². The Balaban J connectivity index is 1.71. The molecule has 0 spiro atoms. The fourth-order valence-electron chi connectivity index (χ4n) is 2.53. The van der Waals surface area contributed by atoms with Crippen molar-refractivity contribution in [2.75, 3.05) is 11.9 Å². The Morgan fingerprint density at radius 3 is 2.77 bits per heavy atom. The van der Waals surface area contributed by atoms with Gasteiger partial charge in [-0.3, -0.25) is 9.78 Å². The summed E-state index contributed by atoms with van der Waals surface area (Å²) in [4.78, 5) is 19.3. The summed E-state index contributed by atoms with van der Waals surface area (Å²) in [6.45, 7) is 4.93. The third-order valence-electron chi connectivity index (χ3n) is 3.64. The molecule has 0 fully saturated rings. The zero-order valence-corrected chi connectivity index (χ0v) is 13.0. The molecule has 2 aromatic rings. The smallest absolute Gasteiger partial charge is 0.255 e. The number of hydrogen-bond acceptors (Lipinski definition) is 4. The van der Waals surface area contributed by atoms with E-state index in [-0.39, 0.29) is 5.56 Å². The molecule has 0 amide bonds. The van der Waals surface area contributed by atoms with E-state index in [0.29, 0.717) is 18.5 Å². The third-order valence-corrected chi connectivity index (χ3v) is 3.64. The van der Waals surface area contributed by atoms with Gasteiger partial charge in [-0.1, -0.05) is 13.8 Å². The fourth-order valence-corrected chi connectivity index (χ4v) is 2.53. The van der Waals surface area contributed by atoms with Crippen molar-refractivity contribution < 1.29 is 4.74 Å². The van der Waals surface area contributed by atoms with Gasteiger partial charge in [0.1, 0.15) is 5.75 Å². The third kappa shape index (κ3) is 3.30. The van der Waals surface area contributed by atoms with Gasteiger partial charge in [0, 0.05) is 11.3 Å². The molecule has 0 unspecified atom stereocenters. The second-order valence-corrected chi connectivity index (χ2v) is 6.05. The number of aryl methyl sites for hydroxylation is 1. The lowest BCUT2D eigenvalue weighted by molar-refractivity contribution is 0.271. The molecule has 5 nitrogen and oxygen atoms in total. The van der Waals surface area contributed by atoms with Crippen LogP contribution in [0.2, 0.25) is 0 Å². The molecule has 0 saturated carbocycles. The molecule has 1 heterocycles. The number of aromatic nitrogens is 2. The van der Waals surface area contributed by atoms with Crippen molar-refractivity contribution in [2.24, 2.45) is 5.92 Å². The van der Waals surface area contributed by atoms with Crippen LogP contribution in [0.15, 0.2) is 29.1 Å². The van der Waals surface area contributed by atoms with Crippen LogP contribution in [0.5, 0.6) is 5.75 Å². The number of anilines is 2. The Morgan fingerprint density at radius 1 is 1.27 bits per heavy atom. The van der Waals surface area contributed by atoms with E-state index >= 15 is 0 Å². The van der Waals surface area contributed by atoms with Gasteiger partial charge < -0.3 is 10.1 Å². The van der Waals surface area contributed by atoms with Crippen LogP contribution in [0.25, 0.3) is 0 Å². The van der Waals surface area contributed by atoms with Crippen molar-refractivity contribution in [1.82, 2.24) is 9.97 Å². The molecule has 22 heavy (non-hydrogen) atoms. The Hall–Kier alpha value is -2.30. The molecule has 0 aliphatic heterocycles. The van der Waals surface area contributed by atoms with Crippen LogP contribution in [0.4, 0.5) is 11.6 Å². The van der Waals surface area contributed by atoms with Gasteiger partial charge in [-0.2, -0.15) is 0 Å². The number of fused-ring (bicyclic) bond motifs is 1. The van der Waals surface area contributed by atoms with Gasteiger partial charge in [-0.05, 0) is 49.4 Å². The summed E-state index contributed by atoms with van der Waals surface area (Å²) in [5.41, 5.74) is 2.60. The van der Waals surface area contributed by atoms with E-state index in [2.05, 4.69) is 29.1 Å². The van der Waals surface area contributed by atoms with E-state index in [1.54, 1.807) is 0 Å². The van der Waals surface area contributed by atoms with Gasteiger partial charge in [0.15, 0.2) is 0 Å². The standard InChI is InChI=1S/C17H21N3O2/c1-11(2)10-22-13-8-6-12(7-9-13)18-17-19-15-5-3-4-14(15)16(21)20-17/h6-9,11H,3-5,10H2,1-2H3,(H2,18,19,20,21). The number of rotatable bonds is 5. The molecule has 0 saturated heterocycles. The summed E-state index contributed by atoms with van der Waals surface area (Å²) in [5.74, 6) is 1.84. The average Bonchev–Trinajstić information content (AvgIpc) is 2.95. The van der Waals surface area contributed by atoms with Crippen molar-refractivity contribution in [3.05, 3.63) is 45.9 Å². The highest BCUT2D eigenvalue weighted by molar-refractivity contribution is 5.54. The maximum atomic E-state index is 12.0. The quantitative estimate of drug-likeness (QED) is 0.890. The van der Waals surface area contributed by atoms with E-state index in [0.717, 1.165) is 42.0 Å². The van der Waals surface area contributed by atoms with Gasteiger partial charge in [0.05, 0.1) is 12.3 Å². The summed E-state index contributed by atoms with van der Waals surface area (Å²) in [6.07, 6.45) is 2.73. The first-order chi connectivity index (χ1) is 10.6. The van der Waals surface area contributed by atoms with E-state index in [1.807, 2.05) is 24.3 Å². The number of nitrogens with one attached hydrogen (secondary N) is 2. The summed E-state index contributed by atoms with van der Waals surface area (Å²) in [6, 6.07) is 7.66. The van der Waals surface area contributed by atoms with Crippen LogP contribution in [0.3, 0.4) is 0 Å². The molecule has 1 aliphatic carbocycles. The number of benzene rings is 1. The number of nitrogens with zero attached hydrogens (tertiary/aromatic N) is 1. The lowest BCUT2D eigenvalue weighted by Gasteiger charge is -2.10. The van der Waals surface area contributed by atoms with E-state index in [9.17, 15) is 4.79 Å². The molecule has 0 atom stereocenters. The summed E-state index contributed by atoms with van der Waals surface area (Å²) < 4.78 is 5.65. The first-order valence-corrected chi connectivity index (χ1v) is 7.74. The van der Waals surface area contributed by atoms with Gasteiger partial charge in [0.2, 0.25) is 5.95 Å². The summed E-state index contributed by atoms with van der Waals surface area (Å²) >= 11 is 0. The van der Waals surface area contributed by atoms with Crippen molar-refractivity contribution in [1.29, 1.82) is 0 Å². The normalized spacial score (nSPS) is 13.2. The number of H-pyrrole nitrogens is 1. The second kappa shape index (κ2) is 6.22. The minimum absolute atomic E-state index is 0.0260. The number of hydrogen-bond donors (Lipinski definition) is 2. The van der Waals surface area contributed by atoms with Crippen molar-refractivity contribution in [3.63, 3.8) is 0 Å². The lowest BCUT2D eigenvalue weighted by atomic mass is 10.2. The first-order valence-electron chi connectivity index (χ1n) is 7.74. The molecule has 1 aromatic carbocycles. The molecule has 116 valence electrons. The number of aromatic amines is 1. The van der Waals surface area contributed by atoms with Gasteiger partial charge in [0.25, 0.3) is 5.56 Å². The van der Waals surface area contributed by atoms with Gasteiger partial charge in [-0.25, -0.2) is 4.98 Å². The Bertz CT molecular complexity index is 705. The first kappa shape index (κ1) is 14.6. The van der Waals surface area contributed by atoms with Crippen molar-refractivity contribution in [2.45, 2.75) is 33.1 Å². The average molecular weight is 299 g/mol. The molecular weight excluding hydrogens is 278 g/mol. The monoisotopic (exact) mass is 299 g/mol. The van der Waals surface area contributed by atoms with Crippen molar-refractivity contribution in [3.8, 4) is 5.75 Å². The topological polar surface area (TPSA) is 67.0 Å². The highest BCUT2D eigenvalue weighted by atomic mass is 16.5. The predicted octanol–water partition coefficient (Wildman–Crippen LogP) is 3.04. The molecule has 0 bridgehead atoms. The van der Waals surface area contributed by atoms with Crippen LogP contribution in [-0.4, -0.2) is 16.6 Å². The molecule has 0 radical (unpaired) electrons. The second-order valence-electron chi connectivity index (χ2n) is 6.05. The van der Waals surface area contributed by atoms with Crippen LogP contribution >= 0.6 is 0 Å². The van der Waals surface area contributed by atoms with E-state index < -0.39 is 0 Å². The molecule has 1 aromatic heterocycles. The molecule has 5 heteroatoms. The van der Waals surface area contributed by atoms with Crippen LogP contribution in [-0.2, 0) is 12.8 Å². The maximum Gasteiger partial charge on any atom is 0.255 e. The molecule has 2 N–H and O–H groups in total. The largest absolute Gasteiger partial charge is 0.493 e. The van der Waals surface area contributed by atoms with E-state index in [4.69, 9.17) is 4.74 Å². The molecular formula is C17H21N3O2. The minimum Gasteiger partial charge on any atom is -0.493 e. The lowest BCUT2D eigenvalue weighted by Crippen LogP contribution is -2.16. The van der Waals surface area contributed by atoms with Crippen LogP contribution < -0.4 is 15.6 Å². The Labute approximate surface area is 129 Å². The van der Waals surface area contributed by atoms with Crippen LogP contribution in [0, 0.1) is 5.92 Å². The predicted molar refractivity (Wildman–Crippen MR) is 86.9 cm³/mol. The highest BCUT2D eigenvalue weighted by Gasteiger charge is 2.17. The molecule has 1 aliphatic rings. The number of ether oxygens (including phenoxy) is 1. The highest BCUT2D eigenvalue weighted by Crippen LogP contribution is 2.21. The Kier molecular flexibility index (Phi) is 4.13. The van der Waals surface area contributed by atoms with Crippen LogP contribution in [0.1, 0.15) is 31.5 Å². The minimum atomic E-state index is -0.0260. The SMILES string of the molecule is CC(C)COc1ccc(Nc2nc3c(c(=O)[nH]2)CCC3)cc1. The zero-order chi connectivity index (χ0) is 15.5. The Morgan fingerprint density at radius 2 is 2.05 bits per heavy atom. The maximum absolute atomic E-state index is 12.0.